The molecule has 0 aromatic heterocycles. The minimum Gasteiger partial charge on any atom is -0.490 e. The number of nitrogens with one attached hydrogen (secondary N) is 1. The Bertz CT molecular complexity index is 1990. The van der Waals surface area contributed by atoms with Crippen LogP contribution in [0.15, 0.2) is 60.7 Å². The maximum atomic E-state index is 13.6. The predicted octanol–water partition coefficient (Wildman–Crippen LogP) is 6.48. The van der Waals surface area contributed by atoms with Crippen molar-refractivity contribution < 1.29 is 28.7 Å². The van der Waals surface area contributed by atoms with Crippen LogP contribution in [0.5, 0.6) is 11.5 Å². The number of ether oxygens (including phenoxy) is 2. The fourth-order valence-electron chi connectivity index (χ4n) is 9.06. The fourth-order valence-corrected chi connectivity index (χ4v) is 9.28. The van der Waals surface area contributed by atoms with E-state index >= 15 is 0 Å². The quantitative estimate of drug-likeness (QED) is 0.244. The average Bonchev–Trinajstić information content (AvgIpc) is 3.45. The number of nitrogens with zero attached hydrogens (tertiary/aromatic N) is 4. The van der Waals surface area contributed by atoms with Crippen LogP contribution in [-0.2, 0) is 9.59 Å². The minimum absolute atomic E-state index is 0.102. The third kappa shape index (κ3) is 7.94. The van der Waals surface area contributed by atoms with E-state index < -0.39 is 23.8 Å². The van der Waals surface area contributed by atoms with Gasteiger partial charge in [0.1, 0.15) is 23.6 Å². The van der Waals surface area contributed by atoms with Gasteiger partial charge in [0.25, 0.3) is 11.8 Å². The summed E-state index contributed by atoms with van der Waals surface area (Å²) < 4.78 is 12.5. The normalized spacial score (nSPS) is 24.0. The molecule has 55 heavy (non-hydrogen) atoms. The number of rotatable bonds is 9. The van der Waals surface area contributed by atoms with E-state index in [1.165, 1.54) is 5.56 Å². The third-order valence-electron chi connectivity index (χ3n) is 12.1. The number of carbonyl (C=O) groups is 4. The van der Waals surface area contributed by atoms with Crippen molar-refractivity contribution in [3.05, 3.63) is 87.9 Å². The van der Waals surface area contributed by atoms with Gasteiger partial charge in [0.15, 0.2) is 0 Å². The Labute approximate surface area is 326 Å². The summed E-state index contributed by atoms with van der Waals surface area (Å²) in [5.74, 6) is 0.831. The van der Waals surface area contributed by atoms with Crippen molar-refractivity contribution in [3.63, 3.8) is 0 Å². The number of imide groups is 2. The van der Waals surface area contributed by atoms with Crippen molar-refractivity contribution in [2.75, 3.05) is 37.6 Å². The van der Waals surface area contributed by atoms with Crippen molar-refractivity contribution in [1.29, 1.82) is 5.26 Å². The Morgan fingerprint density at radius 2 is 1.44 bits per heavy atom. The van der Waals surface area contributed by atoms with E-state index in [1.807, 2.05) is 12.1 Å². The monoisotopic (exact) mass is 763 g/mol. The van der Waals surface area contributed by atoms with Crippen molar-refractivity contribution in [3.8, 4) is 17.6 Å². The van der Waals surface area contributed by atoms with Gasteiger partial charge >= 0.3 is 0 Å². The summed E-state index contributed by atoms with van der Waals surface area (Å²) in [6.45, 7) is 4.81. The molecular weight excluding hydrogens is 718 g/mol. The lowest BCUT2D eigenvalue weighted by atomic mass is 9.88. The van der Waals surface area contributed by atoms with E-state index in [0.717, 1.165) is 100 Å². The predicted molar refractivity (Wildman–Crippen MR) is 206 cm³/mol. The van der Waals surface area contributed by atoms with E-state index in [-0.39, 0.29) is 31.0 Å². The maximum Gasteiger partial charge on any atom is 0.264 e. The van der Waals surface area contributed by atoms with Crippen LogP contribution in [0.2, 0.25) is 5.02 Å². The second-order valence-electron chi connectivity index (χ2n) is 15.6. The van der Waals surface area contributed by atoms with Gasteiger partial charge < -0.3 is 19.3 Å². The standard InChI is InChI=1S/C43H46ClN5O6/c44-36-24-34(9-6-30(36)25-45)55-33-12-10-32(11-13-33)54-31-7-4-28(5-8-31)29-18-20-47(21-19-29)26-27-16-22-48(23-17-27)37-3-1-2-35-40(37)43(53)49(42(35)52)38-14-15-39(50)46-41(38)51/h1-9,24,27,29,32-33,38H,10-23,26H2,(H,46,50,51). The van der Waals surface area contributed by atoms with Crippen LogP contribution in [0.4, 0.5) is 5.69 Å². The van der Waals surface area contributed by atoms with Gasteiger partial charge in [0.05, 0.1) is 39.6 Å². The van der Waals surface area contributed by atoms with Crippen LogP contribution in [-0.4, -0.2) is 84.4 Å². The number of hydrogen-bond acceptors (Lipinski definition) is 9. The van der Waals surface area contributed by atoms with Gasteiger partial charge in [-0.25, -0.2) is 0 Å². The Hall–Kier alpha value is -4.92. The summed E-state index contributed by atoms with van der Waals surface area (Å²) in [7, 11) is 0. The molecule has 4 aliphatic heterocycles. The highest BCUT2D eigenvalue weighted by Crippen LogP contribution is 2.37. The van der Waals surface area contributed by atoms with Gasteiger partial charge in [-0.15, -0.1) is 0 Å². The molecule has 0 bridgehead atoms. The molecule has 1 saturated carbocycles. The zero-order valence-electron chi connectivity index (χ0n) is 30.9. The molecule has 1 aliphatic carbocycles. The molecule has 4 amide bonds. The van der Waals surface area contributed by atoms with Crippen molar-refractivity contribution >= 4 is 40.9 Å². The number of amides is 4. The molecule has 3 aromatic rings. The summed E-state index contributed by atoms with van der Waals surface area (Å²) in [6, 6.07) is 20.4. The summed E-state index contributed by atoms with van der Waals surface area (Å²) in [5, 5.41) is 11.8. The largest absolute Gasteiger partial charge is 0.490 e. The van der Waals surface area contributed by atoms with E-state index in [2.05, 4.69) is 45.5 Å². The van der Waals surface area contributed by atoms with Crippen molar-refractivity contribution in [1.82, 2.24) is 15.1 Å². The van der Waals surface area contributed by atoms with E-state index in [0.29, 0.717) is 39.3 Å². The molecule has 3 aromatic carbocycles. The van der Waals surface area contributed by atoms with Gasteiger partial charge in [0, 0.05) is 32.1 Å². The van der Waals surface area contributed by atoms with Gasteiger partial charge in [0.2, 0.25) is 11.8 Å². The van der Waals surface area contributed by atoms with Crippen LogP contribution >= 0.6 is 11.6 Å². The lowest BCUT2D eigenvalue weighted by Gasteiger charge is -2.39. The smallest absolute Gasteiger partial charge is 0.264 e. The zero-order valence-corrected chi connectivity index (χ0v) is 31.6. The van der Waals surface area contributed by atoms with Crippen LogP contribution in [0.25, 0.3) is 0 Å². The van der Waals surface area contributed by atoms with E-state index in [1.54, 1.807) is 24.3 Å². The number of carbonyl (C=O) groups excluding carboxylic acids is 4. The van der Waals surface area contributed by atoms with Crippen LogP contribution in [0.3, 0.4) is 0 Å². The first-order valence-electron chi connectivity index (χ1n) is 19.7. The van der Waals surface area contributed by atoms with Crippen LogP contribution < -0.4 is 19.7 Å². The molecule has 3 saturated heterocycles. The third-order valence-corrected chi connectivity index (χ3v) is 12.5. The average molecular weight is 764 g/mol. The first-order valence-corrected chi connectivity index (χ1v) is 20.1. The van der Waals surface area contributed by atoms with Crippen molar-refractivity contribution in [2.24, 2.45) is 5.92 Å². The van der Waals surface area contributed by atoms with Gasteiger partial charge in [-0.1, -0.05) is 29.8 Å². The van der Waals surface area contributed by atoms with E-state index in [4.69, 9.17) is 26.3 Å². The minimum atomic E-state index is -0.965. The Morgan fingerprint density at radius 3 is 2.09 bits per heavy atom. The van der Waals surface area contributed by atoms with Crippen LogP contribution in [0, 0.1) is 17.2 Å². The highest BCUT2D eigenvalue weighted by molar-refractivity contribution is 6.31. The fraction of sp³-hybridized carbons (Fsp3) is 0.465. The lowest BCUT2D eigenvalue weighted by Crippen LogP contribution is -2.54. The first-order chi connectivity index (χ1) is 26.7. The Morgan fingerprint density at radius 1 is 0.764 bits per heavy atom. The number of hydrogen-bond donors (Lipinski definition) is 1. The number of nitriles is 1. The van der Waals surface area contributed by atoms with Gasteiger partial charge in [-0.3, -0.25) is 29.4 Å². The molecule has 0 spiro atoms. The molecular formula is C43H46ClN5O6. The van der Waals surface area contributed by atoms with Crippen molar-refractivity contribution in [2.45, 2.75) is 88.4 Å². The van der Waals surface area contributed by atoms with Crippen LogP contribution in [0.1, 0.15) is 102 Å². The maximum absolute atomic E-state index is 13.6. The summed E-state index contributed by atoms with van der Waals surface area (Å²) in [4.78, 5) is 57.0. The second-order valence-corrected chi connectivity index (χ2v) is 16.0. The van der Waals surface area contributed by atoms with Gasteiger partial charge in [-0.05, 0) is 125 Å². The molecule has 1 atom stereocenters. The SMILES string of the molecule is N#Cc1ccc(OC2CCC(Oc3ccc(C4CCN(CC5CCN(c6cccc7c6C(=O)N(C6CCC(=O)NC6=O)C7=O)CC5)CC4)cc3)CC2)cc1Cl. The highest BCUT2D eigenvalue weighted by atomic mass is 35.5. The molecule has 1 N–H and O–H groups in total. The number of fused-ring (bicyclic) bond motifs is 1. The topological polar surface area (TPSA) is 132 Å². The zero-order chi connectivity index (χ0) is 38.1. The number of likely N-dealkylation sites (tertiary alicyclic amines) is 1. The molecule has 4 fully saturated rings. The summed E-state index contributed by atoms with van der Waals surface area (Å²) >= 11 is 6.17. The molecule has 286 valence electrons. The number of piperidine rings is 3. The Kier molecular flexibility index (Phi) is 10.8. The molecule has 0 radical (unpaired) electrons. The molecule has 5 aliphatic rings. The first kappa shape index (κ1) is 37.0. The highest BCUT2D eigenvalue weighted by Gasteiger charge is 2.46. The Balaban J connectivity index is 0.770. The molecule has 1 unspecified atom stereocenters. The summed E-state index contributed by atoms with van der Waals surface area (Å²) in [6.07, 6.45) is 8.46. The van der Waals surface area contributed by atoms with Gasteiger partial charge in [-0.2, -0.15) is 5.26 Å². The molecule has 12 heteroatoms. The lowest BCUT2D eigenvalue weighted by molar-refractivity contribution is -0.136. The number of anilines is 1. The summed E-state index contributed by atoms with van der Waals surface area (Å²) in [5.41, 5.74) is 3.28. The molecule has 4 heterocycles. The van der Waals surface area contributed by atoms with E-state index in [9.17, 15) is 19.2 Å². The molecule has 8 rings (SSSR count). The second kappa shape index (κ2) is 16.0. The molecule has 11 nitrogen and oxygen atoms in total. The number of halogens is 1. The number of benzene rings is 3.